The fraction of sp³-hybridized carbons (Fsp3) is 0.583. The molecule has 19 heavy (non-hydrogen) atoms. The first-order chi connectivity index (χ1) is 8.80. The van der Waals surface area contributed by atoms with E-state index in [4.69, 9.17) is 5.11 Å². The molecule has 106 valence electrons. The Morgan fingerprint density at radius 2 is 2.16 bits per heavy atom. The van der Waals surface area contributed by atoms with Gasteiger partial charge >= 0.3 is 5.97 Å². The number of sulfonamides is 1. The molecule has 0 amide bonds. The molecule has 0 aromatic carbocycles. The van der Waals surface area contributed by atoms with Crippen molar-refractivity contribution in [2.24, 2.45) is 0 Å². The molecule has 0 unspecified atom stereocenters. The first-order valence-corrected chi connectivity index (χ1v) is 8.47. The fourth-order valence-corrected chi connectivity index (χ4v) is 5.17. The van der Waals surface area contributed by atoms with Crippen LogP contribution in [-0.4, -0.2) is 25.0 Å². The maximum Gasteiger partial charge on any atom is 0.346 e. The summed E-state index contributed by atoms with van der Waals surface area (Å²) >= 11 is 0.810. The Balaban J connectivity index is 2.29. The van der Waals surface area contributed by atoms with Gasteiger partial charge in [-0.25, -0.2) is 17.9 Å². The summed E-state index contributed by atoms with van der Waals surface area (Å²) in [6.07, 6.45) is 3.47. The van der Waals surface area contributed by atoms with Gasteiger partial charge in [0.05, 0.1) is 0 Å². The Morgan fingerprint density at radius 3 is 2.53 bits per heavy atom. The molecule has 1 aliphatic carbocycles. The average Bonchev–Trinajstić information content (AvgIpc) is 2.67. The molecule has 2 N–H and O–H groups in total. The van der Waals surface area contributed by atoms with Gasteiger partial charge in [-0.15, -0.1) is 11.3 Å². The van der Waals surface area contributed by atoms with Gasteiger partial charge in [-0.1, -0.05) is 6.92 Å². The van der Waals surface area contributed by atoms with Gasteiger partial charge in [0.25, 0.3) is 10.0 Å². The molecule has 2 rings (SSSR count). The van der Waals surface area contributed by atoms with Crippen LogP contribution in [-0.2, 0) is 10.0 Å². The zero-order valence-electron chi connectivity index (χ0n) is 10.9. The maximum absolute atomic E-state index is 12.3. The van der Waals surface area contributed by atoms with Crippen LogP contribution in [0.25, 0.3) is 0 Å². The zero-order valence-corrected chi connectivity index (χ0v) is 12.5. The smallest absolute Gasteiger partial charge is 0.346 e. The Hall–Kier alpha value is -0.920. The molecular weight excluding hydrogens is 286 g/mol. The lowest BCUT2D eigenvalue weighted by Gasteiger charge is -2.41. The van der Waals surface area contributed by atoms with Crippen molar-refractivity contribution >= 4 is 27.3 Å². The SMILES string of the molecule is CCC1(NS(=O)(=O)c2cc(C)c(C(=O)O)s2)CCC1. The number of carbonyl (C=O) groups is 1. The molecule has 0 radical (unpaired) electrons. The summed E-state index contributed by atoms with van der Waals surface area (Å²) in [5, 5.41) is 8.98. The average molecular weight is 303 g/mol. The van der Waals surface area contributed by atoms with Crippen molar-refractivity contribution in [3.63, 3.8) is 0 Å². The molecule has 0 atom stereocenters. The van der Waals surface area contributed by atoms with Gasteiger partial charge in [-0.3, -0.25) is 0 Å². The van der Waals surface area contributed by atoms with E-state index in [1.807, 2.05) is 6.92 Å². The minimum atomic E-state index is -3.62. The molecule has 1 aliphatic rings. The highest BCUT2D eigenvalue weighted by Crippen LogP contribution is 2.37. The third kappa shape index (κ3) is 2.68. The van der Waals surface area contributed by atoms with Gasteiger partial charge in [0.15, 0.2) is 0 Å². The molecule has 1 fully saturated rings. The second-order valence-corrected chi connectivity index (χ2v) is 7.94. The summed E-state index contributed by atoms with van der Waals surface area (Å²) < 4.78 is 27.4. The Labute approximate surface area is 116 Å². The molecule has 0 saturated heterocycles. The Morgan fingerprint density at radius 1 is 1.53 bits per heavy atom. The van der Waals surface area contributed by atoms with Crippen LogP contribution in [0.3, 0.4) is 0 Å². The lowest BCUT2D eigenvalue weighted by molar-refractivity contribution is 0.0701. The van der Waals surface area contributed by atoms with Crippen molar-refractivity contribution in [3.05, 3.63) is 16.5 Å². The summed E-state index contributed by atoms with van der Waals surface area (Å²) in [6, 6.07) is 1.43. The molecule has 7 heteroatoms. The monoisotopic (exact) mass is 303 g/mol. The van der Waals surface area contributed by atoms with Crippen molar-refractivity contribution in [1.82, 2.24) is 4.72 Å². The van der Waals surface area contributed by atoms with Crippen molar-refractivity contribution < 1.29 is 18.3 Å². The second kappa shape index (κ2) is 4.88. The predicted molar refractivity (Wildman–Crippen MR) is 73.2 cm³/mol. The minimum absolute atomic E-state index is 0.0829. The summed E-state index contributed by atoms with van der Waals surface area (Å²) in [7, 11) is -3.62. The number of hydrogen-bond acceptors (Lipinski definition) is 4. The highest BCUT2D eigenvalue weighted by molar-refractivity contribution is 7.91. The summed E-state index contributed by atoms with van der Waals surface area (Å²) in [5.41, 5.74) is 0.150. The fourth-order valence-electron chi connectivity index (χ4n) is 2.26. The van der Waals surface area contributed by atoms with Crippen LogP contribution in [0.4, 0.5) is 0 Å². The molecule has 1 aromatic rings. The third-order valence-corrected chi connectivity index (χ3v) is 6.97. The van der Waals surface area contributed by atoms with Crippen LogP contribution < -0.4 is 4.72 Å². The normalized spacial score (nSPS) is 18.0. The van der Waals surface area contributed by atoms with E-state index < -0.39 is 16.0 Å². The summed E-state index contributed by atoms with van der Waals surface area (Å²) in [6.45, 7) is 3.57. The highest BCUT2D eigenvalue weighted by atomic mass is 32.2. The van der Waals surface area contributed by atoms with Gasteiger partial charge in [-0.05, 0) is 44.2 Å². The molecule has 1 heterocycles. The van der Waals surface area contributed by atoms with Crippen molar-refractivity contribution in [3.8, 4) is 0 Å². The number of aryl methyl sites for hydroxylation is 1. The molecule has 1 aromatic heterocycles. The zero-order chi connectivity index (χ0) is 14.3. The number of aromatic carboxylic acids is 1. The third-order valence-electron chi connectivity index (χ3n) is 3.69. The molecule has 0 aliphatic heterocycles. The lowest BCUT2D eigenvalue weighted by atomic mass is 9.76. The first-order valence-electron chi connectivity index (χ1n) is 6.17. The first kappa shape index (κ1) is 14.5. The van der Waals surface area contributed by atoms with Gasteiger partial charge in [0, 0.05) is 5.54 Å². The van der Waals surface area contributed by atoms with E-state index in [1.165, 1.54) is 6.07 Å². The second-order valence-electron chi connectivity index (χ2n) is 4.98. The van der Waals surface area contributed by atoms with Gasteiger partial charge in [0.2, 0.25) is 0 Å². The van der Waals surface area contributed by atoms with E-state index in [2.05, 4.69) is 4.72 Å². The van der Waals surface area contributed by atoms with Crippen molar-refractivity contribution in [2.45, 2.75) is 49.3 Å². The van der Waals surface area contributed by atoms with E-state index in [-0.39, 0.29) is 14.6 Å². The quantitative estimate of drug-likeness (QED) is 0.874. The standard InChI is InChI=1S/C12H17NO4S2/c1-3-12(5-4-6-12)13-19(16,17)9-7-8(2)10(18-9)11(14)15/h7,13H,3-6H2,1-2H3,(H,14,15). The van der Waals surface area contributed by atoms with Crippen LogP contribution in [0, 0.1) is 6.92 Å². The van der Waals surface area contributed by atoms with Gasteiger partial charge in [-0.2, -0.15) is 0 Å². The Bertz CT molecular complexity index is 594. The number of thiophene rings is 1. The van der Waals surface area contributed by atoms with Gasteiger partial charge < -0.3 is 5.11 Å². The molecule has 0 bridgehead atoms. The van der Waals surface area contributed by atoms with Crippen LogP contribution >= 0.6 is 11.3 Å². The van der Waals surface area contributed by atoms with Crippen molar-refractivity contribution in [1.29, 1.82) is 0 Å². The number of nitrogens with one attached hydrogen (secondary N) is 1. The summed E-state index contributed by atoms with van der Waals surface area (Å²) in [4.78, 5) is 11.0. The number of carboxylic acid groups (broad SMARTS) is 1. The molecule has 5 nitrogen and oxygen atoms in total. The lowest BCUT2D eigenvalue weighted by Crippen LogP contribution is -2.52. The van der Waals surface area contributed by atoms with Crippen LogP contribution in [0.5, 0.6) is 0 Å². The van der Waals surface area contributed by atoms with E-state index in [1.54, 1.807) is 6.92 Å². The largest absolute Gasteiger partial charge is 0.477 e. The van der Waals surface area contributed by atoms with Crippen LogP contribution in [0.1, 0.15) is 47.8 Å². The van der Waals surface area contributed by atoms with E-state index in [9.17, 15) is 13.2 Å². The molecule has 0 spiro atoms. The van der Waals surface area contributed by atoms with E-state index in [0.29, 0.717) is 5.56 Å². The van der Waals surface area contributed by atoms with Crippen LogP contribution in [0.2, 0.25) is 0 Å². The van der Waals surface area contributed by atoms with Crippen molar-refractivity contribution in [2.75, 3.05) is 0 Å². The van der Waals surface area contributed by atoms with E-state index >= 15 is 0 Å². The van der Waals surface area contributed by atoms with E-state index in [0.717, 1.165) is 37.0 Å². The Kier molecular flexibility index (Phi) is 3.72. The number of rotatable bonds is 5. The minimum Gasteiger partial charge on any atom is -0.477 e. The topological polar surface area (TPSA) is 83.5 Å². The molecule has 1 saturated carbocycles. The number of carboxylic acids is 1. The number of hydrogen-bond donors (Lipinski definition) is 2. The molecular formula is C12H17NO4S2. The van der Waals surface area contributed by atoms with Gasteiger partial charge in [0.1, 0.15) is 9.09 Å². The highest BCUT2D eigenvalue weighted by Gasteiger charge is 2.39. The summed E-state index contributed by atoms with van der Waals surface area (Å²) in [5.74, 6) is -1.09. The maximum atomic E-state index is 12.3. The van der Waals surface area contributed by atoms with Crippen LogP contribution in [0.15, 0.2) is 10.3 Å². The predicted octanol–water partition coefficient (Wildman–Crippen LogP) is 2.37.